The molecule has 0 unspecified atom stereocenters. The number of aliphatic carboxylic acids is 1. The number of nitrogens with one attached hydrogen (secondary N) is 1. The van der Waals surface area contributed by atoms with E-state index < -0.39 is 23.9 Å². The van der Waals surface area contributed by atoms with Crippen molar-refractivity contribution in [2.75, 3.05) is 12.3 Å². The van der Waals surface area contributed by atoms with E-state index in [2.05, 4.69) is 17.4 Å². The van der Waals surface area contributed by atoms with E-state index in [4.69, 9.17) is 0 Å². The van der Waals surface area contributed by atoms with E-state index in [9.17, 15) is 19.5 Å². The zero-order chi connectivity index (χ0) is 25.8. The summed E-state index contributed by atoms with van der Waals surface area (Å²) in [6.07, 6.45) is 2.18. The number of carbonyl (C=O) groups is 3. The molecule has 0 aromatic heterocycles. The first-order valence-corrected chi connectivity index (χ1v) is 13.2. The van der Waals surface area contributed by atoms with Crippen LogP contribution in [0.1, 0.15) is 40.4 Å². The fourth-order valence-corrected chi connectivity index (χ4v) is 4.75. The standard InChI is InChI=1S/C29H32N2O4S/c1-2-18-31(29(35)30-26(28(33)34)21-36-20-24-12-7-4-8-13-24)27(32)25-15-9-14-23(19-25)17-16-22-10-5-3-6-11-22/h3-15,19,26H,2,16-18,20-21H2,1H3,(H,30,35)(H,33,34)/t26-/m0/s1. The largest absolute Gasteiger partial charge is 0.480 e. The number of carboxylic acids is 1. The molecule has 0 saturated carbocycles. The summed E-state index contributed by atoms with van der Waals surface area (Å²) in [7, 11) is 0. The normalized spacial score (nSPS) is 11.5. The molecule has 0 fully saturated rings. The van der Waals surface area contributed by atoms with Gasteiger partial charge in [0.25, 0.3) is 5.91 Å². The summed E-state index contributed by atoms with van der Waals surface area (Å²) in [4.78, 5) is 39.2. The van der Waals surface area contributed by atoms with Crippen molar-refractivity contribution in [1.29, 1.82) is 0 Å². The number of aryl methyl sites for hydroxylation is 2. The summed E-state index contributed by atoms with van der Waals surface area (Å²) < 4.78 is 0. The molecule has 6 nitrogen and oxygen atoms in total. The van der Waals surface area contributed by atoms with Crippen molar-refractivity contribution in [1.82, 2.24) is 10.2 Å². The molecule has 2 N–H and O–H groups in total. The Hall–Kier alpha value is -3.58. The topological polar surface area (TPSA) is 86.7 Å². The number of amides is 3. The first-order valence-electron chi connectivity index (χ1n) is 12.1. The van der Waals surface area contributed by atoms with Gasteiger partial charge in [-0.1, -0.05) is 79.7 Å². The van der Waals surface area contributed by atoms with Crippen molar-refractivity contribution >= 4 is 29.7 Å². The SMILES string of the molecule is CCCN(C(=O)N[C@@H](CSCc1ccccc1)C(=O)O)C(=O)c1cccc(CCc2ccccc2)c1. The number of benzene rings is 3. The summed E-state index contributed by atoms with van der Waals surface area (Å²) in [5.74, 6) is -0.736. The van der Waals surface area contributed by atoms with E-state index in [0.29, 0.717) is 17.7 Å². The summed E-state index contributed by atoms with van der Waals surface area (Å²) in [5.41, 5.74) is 3.70. The lowest BCUT2D eigenvalue weighted by atomic mass is 10.0. The summed E-state index contributed by atoms with van der Waals surface area (Å²) in [5, 5.41) is 12.2. The third kappa shape index (κ3) is 8.27. The second-order valence-corrected chi connectivity index (χ2v) is 9.51. The van der Waals surface area contributed by atoms with Gasteiger partial charge in [0.05, 0.1) is 0 Å². The van der Waals surface area contributed by atoms with Crippen molar-refractivity contribution in [3.63, 3.8) is 0 Å². The highest BCUT2D eigenvalue weighted by Gasteiger charge is 2.27. The van der Waals surface area contributed by atoms with Gasteiger partial charge < -0.3 is 10.4 Å². The third-order valence-electron chi connectivity index (χ3n) is 5.65. The van der Waals surface area contributed by atoms with Crippen LogP contribution in [0.4, 0.5) is 4.79 Å². The minimum Gasteiger partial charge on any atom is -0.480 e. The summed E-state index contributed by atoms with van der Waals surface area (Å²) >= 11 is 1.42. The number of carboxylic acid groups (broad SMARTS) is 1. The van der Waals surface area contributed by atoms with Gasteiger partial charge in [0.2, 0.25) is 0 Å². The Balaban J connectivity index is 1.63. The van der Waals surface area contributed by atoms with Crippen molar-refractivity contribution in [3.05, 3.63) is 107 Å². The molecule has 3 aromatic carbocycles. The lowest BCUT2D eigenvalue weighted by Crippen LogP contribution is -2.51. The van der Waals surface area contributed by atoms with Crippen LogP contribution in [0.5, 0.6) is 0 Å². The zero-order valence-corrected chi connectivity index (χ0v) is 21.2. The average Bonchev–Trinajstić information content (AvgIpc) is 2.90. The van der Waals surface area contributed by atoms with Gasteiger partial charge in [-0.25, -0.2) is 9.59 Å². The maximum Gasteiger partial charge on any atom is 0.327 e. The number of carbonyl (C=O) groups excluding carboxylic acids is 2. The predicted octanol–water partition coefficient (Wildman–Crippen LogP) is 5.42. The molecule has 3 aromatic rings. The Morgan fingerprint density at radius 2 is 1.47 bits per heavy atom. The van der Waals surface area contributed by atoms with Crippen LogP contribution >= 0.6 is 11.8 Å². The molecule has 1 atom stereocenters. The fourth-order valence-electron chi connectivity index (χ4n) is 3.74. The molecule has 0 aliphatic heterocycles. The first kappa shape index (κ1) is 27.0. The smallest absolute Gasteiger partial charge is 0.327 e. The van der Waals surface area contributed by atoms with E-state index in [1.807, 2.05) is 73.7 Å². The monoisotopic (exact) mass is 504 g/mol. The minimum atomic E-state index is -1.13. The van der Waals surface area contributed by atoms with E-state index in [1.54, 1.807) is 6.07 Å². The van der Waals surface area contributed by atoms with Crippen LogP contribution in [0.25, 0.3) is 0 Å². The molecule has 0 aliphatic carbocycles. The van der Waals surface area contributed by atoms with E-state index >= 15 is 0 Å². The molecule has 36 heavy (non-hydrogen) atoms. The number of nitrogens with zero attached hydrogens (tertiary/aromatic N) is 1. The Bertz CT molecular complexity index is 1140. The van der Waals surface area contributed by atoms with Crippen molar-refractivity contribution in [2.45, 2.75) is 38.0 Å². The van der Waals surface area contributed by atoms with Gasteiger partial charge in [0.15, 0.2) is 0 Å². The highest BCUT2D eigenvalue weighted by Crippen LogP contribution is 2.15. The van der Waals surface area contributed by atoms with Gasteiger partial charge >= 0.3 is 12.0 Å². The molecular formula is C29H32N2O4S. The number of thioether (sulfide) groups is 1. The van der Waals surface area contributed by atoms with Crippen LogP contribution < -0.4 is 5.32 Å². The quantitative estimate of drug-likeness (QED) is 0.344. The lowest BCUT2D eigenvalue weighted by molar-refractivity contribution is -0.138. The van der Waals surface area contributed by atoms with Crippen LogP contribution in [-0.4, -0.2) is 46.3 Å². The predicted molar refractivity (Wildman–Crippen MR) is 144 cm³/mol. The number of imide groups is 1. The van der Waals surface area contributed by atoms with Crippen LogP contribution in [0, 0.1) is 0 Å². The minimum absolute atomic E-state index is 0.194. The zero-order valence-electron chi connectivity index (χ0n) is 20.4. The third-order valence-corrected chi connectivity index (χ3v) is 6.75. The van der Waals surface area contributed by atoms with E-state index in [1.165, 1.54) is 17.3 Å². The average molecular weight is 505 g/mol. The highest BCUT2D eigenvalue weighted by molar-refractivity contribution is 7.98. The number of hydrogen-bond acceptors (Lipinski definition) is 4. The van der Waals surface area contributed by atoms with Crippen LogP contribution in [0.2, 0.25) is 0 Å². The Morgan fingerprint density at radius 3 is 2.11 bits per heavy atom. The van der Waals surface area contributed by atoms with E-state index in [-0.39, 0.29) is 12.3 Å². The van der Waals surface area contributed by atoms with Crippen molar-refractivity contribution < 1.29 is 19.5 Å². The molecule has 188 valence electrons. The van der Waals surface area contributed by atoms with Crippen LogP contribution in [0.3, 0.4) is 0 Å². The maximum absolute atomic E-state index is 13.3. The Labute approximate surface area is 216 Å². The molecule has 7 heteroatoms. The molecule has 3 rings (SSSR count). The van der Waals surface area contributed by atoms with Gasteiger partial charge in [0, 0.05) is 23.6 Å². The molecule has 0 saturated heterocycles. The molecule has 0 aliphatic rings. The molecular weight excluding hydrogens is 472 g/mol. The Morgan fingerprint density at radius 1 is 0.861 bits per heavy atom. The molecule has 0 radical (unpaired) electrons. The number of hydrogen-bond donors (Lipinski definition) is 2. The molecule has 0 spiro atoms. The van der Waals surface area contributed by atoms with Crippen molar-refractivity contribution in [3.8, 4) is 0 Å². The number of urea groups is 1. The molecule has 0 bridgehead atoms. The highest BCUT2D eigenvalue weighted by atomic mass is 32.2. The van der Waals surface area contributed by atoms with E-state index in [0.717, 1.165) is 28.9 Å². The summed E-state index contributed by atoms with van der Waals surface area (Å²) in [6.45, 7) is 2.07. The number of rotatable bonds is 12. The van der Waals surface area contributed by atoms with Gasteiger partial charge in [-0.15, -0.1) is 0 Å². The van der Waals surface area contributed by atoms with Gasteiger partial charge in [-0.05, 0) is 48.1 Å². The second-order valence-electron chi connectivity index (χ2n) is 8.48. The lowest BCUT2D eigenvalue weighted by Gasteiger charge is -2.23. The molecule has 0 heterocycles. The fraction of sp³-hybridized carbons (Fsp3) is 0.276. The van der Waals surface area contributed by atoms with Crippen LogP contribution in [-0.2, 0) is 23.4 Å². The van der Waals surface area contributed by atoms with Gasteiger partial charge in [-0.2, -0.15) is 11.8 Å². The maximum atomic E-state index is 13.3. The summed E-state index contributed by atoms with van der Waals surface area (Å²) in [6, 6.07) is 25.3. The Kier molecular flexibility index (Phi) is 10.6. The van der Waals surface area contributed by atoms with Gasteiger partial charge in [0.1, 0.15) is 6.04 Å². The van der Waals surface area contributed by atoms with Crippen LogP contribution in [0.15, 0.2) is 84.9 Å². The van der Waals surface area contributed by atoms with Gasteiger partial charge in [-0.3, -0.25) is 9.69 Å². The second kappa shape index (κ2) is 14.1. The first-order chi connectivity index (χ1) is 17.5. The molecule has 3 amide bonds. The van der Waals surface area contributed by atoms with Crippen molar-refractivity contribution in [2.24, 2.45) is 0 Å².